The highest BCUT2D eigenvalue weighted by atomic mass is 16.7. The van der Waals surface area contributed by atoms with Gasteiger partial charge in [0.05, 0.1) is 18.1 Å². The SMILES string of the molecule is COc1ccc2c3c1O[C@H]1C(OC(=O)[C@H](C)OC(=O)[C@H](CCC(=O)O)NC(=O)[C@H](C)OC(=O)OC(C)(C)C)=CC[C@@]4(O)[C@H](C2)N(C)CC[C@]314. The number of carbonyl (C=O) groups is 5. The number of piperidine rings is 1. The zero-order valence-corrected chi connectivity index (χ0v) is 28.7. The lowest BCUT2D eigenvalue weighted by atomic mass is 9.50. The van der Waals surface area contributed by atoms with E-state index in [2.05, 4.69) is 10.2 Å². The van der Waals surface area contributed by atoms with Gasteiger partial charge in [-0.2, -0.15) is 0 Å². The molecule has 1 spiro atoms. The Bertz CT molecular complexity index is 1570. The Morgan fingerprint density at radius 2 is 1.82 bits per heavy atom. The third-order valence-corrected chi connectivity index (χ3v) is 9.68. The van der Waals surface area contributed by atoms with Gasteiger partial charge >= 0.3 is 24.1 Å². The molecule has 2 aliphatic heterocycles. The van der Waals surface area contributed by atoms with Gasteiger partial charge in [-0.15, -0.1) is 0 Å². The summed E-state index contributed by atoms with van der Waals surface area (Å²) in [6.07, 6.45) is -2.81. The summed E-state index contributed by atoms with van der Waals surface area (Å²) in [5, 5.41) is 23.9. The highest BCUT2D eigenvalue weighted by molar-refractivity contribution is 5.89. The summed E-state index contributed by atoms with van der Waals surface area (Å²) in [6, 6.07) is 2.10. The van der Waals surface area contributed by atoms with Gasteiger partial charge in [0.1, 0.15) is 17.4 Å². The first-order valence-electron chi connectivity index (χ1n) is 16.3. The second kappa shape index (κ2) is 13.2. The third-order valence-electron chi connectivity index (χ3n) is 9.68. The molecule has 15 heteroatoms. The number of ether oxygens (including phenoxy) is 6. The number of aliphatic hydroxyl groups is 1. The van der Waals surface area contributed by atoms with Crippen molar-refractivity contribution in [1.82, 2.24) is 10.2 Å². The topological polar surface area (TPSA) is 196 Å². The van der Waals surface area contributed by atoms with Crippen molar-refractivity contribution in [3.05, 3.63) is 35.1 Å². The summed E-state index contributed by atoms with van der Waals surface area (Å²) < 4.78 is 33.3. The summed E-state index contributed by atoms with van der Waals surface area (Å²) in [6.45, 7) is 8.03. The lowest BCUT2D eigenvalue weighted by Gasteiger charge is -2.61. The van der Waals surface area contributed by atoms with Crippen molar-refractivity contribution in [1.29, 1.82) is 0 Å². The maximum Gasteiger partial charge on any atom is 0.509 e. The van der Waals surface area contributed by atoms with Crippen LogP contribution in [-0.4, -0.2) is 107 Å². The molecule has 1 fully saturated rings. The Balaban J connectivity index is 1.30. The van der Waals surface area contributed by atoms with E-state index in [1.54, 1.807) is 26.8 Å². The number of carbonyl (C=O) groups excluding carboxylic acids is 4. The van der Waals surface area contributed by atoms with Crippen LogP contribution < -0.4 is 14.8 Å². The zero-order valence-electron chi connectivity index (χ0n) is 28.7. The van der Waals surface area contributed by atoms with Gasteiger partial charge in [0.2, 0.25) is 0 Å². The summed E-state index contributed by atoms with van der Waals surface area (Å²) in [5.74, 6) is -3.04. The van der Waals surface area contributed by atoms with Gasteiger partial charge in [0.15, 0.2) is 29.8 Å². The average molecular weight is 689 g/mol. The van der Waals surface area contributed by atoms with E-state index >= 15 is 0 Å². The molecule has 2 aliphatic carbocycles. The molecular weight excluding hydrogens is 644 g/mol. The molecule has 7 atom stereocenters. The molecule has 0 aromatic heterocycles. The number of likely N-dealkylation sites (N-methyl/N-ethyl adjacent to an activating group) is 1. The lowest BCUT2D eigenvalue weighted by molar-refractivity contribution is -0.176. The normalized spacial score (nSPS) is 26.8. The van der Waals surface area contributed by atoms with E-state index < -0.39 is 77.4 Å². The Labute approximate surface area is 283 Å². The van der Waals surface area contributed by atoms with Crippen molar-refractivity contribution in [2.75, 3.05) is 20.7 Å². The molecule has 1 aromatic rings. The molecule has 0 unspecified atom stereocenters. The molecule has 15 nitrogen and oxygen atoms in total. The minimum Gasteiger partial charge on any atom is -0.493 e. The van der Waals surface area contributed by atoms with E-state index in [9.17, 15) is 34.2 Å². The zero-order chi connectivity index (χ0) is 36.1. The molecule has 268 valence electrons. The van der Waals surface area contributed by atoms with E-state index in [-0.39, 0.29) is 24.6 Å². The van der Waals surface area contributed by atoms with Crippen LogP contribution in [0.15, 0.2) is 24.0 Å². The number of likely N-dealkylation sites (tertiary alicyclic amines) is 1. The van der Waals surface area contributed by atoms with Crippen LogP contribution in [0.4, 0.5) is 4.79 Å². The van der Waals surface area contributed by atoms with E-state index in [1.165, 1.54) is 21.0 Å². The molecule has 4 aliphatic rings. The summed E-state index contributed by atoms with van der Waals surface area (Å²) >= 11 is 0. The number of hydrogen-bond acceptors (Lipinski definition) is 13. The van der Waals surface area contributed by atoms with Gasteiger partial charge in [-0.3, -0.25) is 9.59 Å². The number of carboxylic acid groups (broad SMARTS) is 1. The number of aliphatic carboxylic acids is 1. The van der Waals surface area contributed by atoms with Crippen molar-refractivity contribution >= 4 is 30.0 Å². The number of amides is 1. The maximum atomic E-state index is 13.4. The van der Waals surface area contributed by atoms with Gasteiger partial charge < -0.3 is 48.9 Å². The molecule has 5 rings (SSSR count). The standard InChI is InChI=1S/C34H44N2O13/c1-17(46-31(42)49-32(3,4)5)28(39)35-20(9-11-24(37)38)30(41)45-18(2)29(40)47-22-12-13-34(43)23-16-19-8-10-21(44-7)26-25(19)33(34,27(22)48-26)14-15-36(23)6/h8,10,12,17-18,20,23,27,43H,9,11,13-16H2,1-7H3,(H,35,39)(H,37,38)/t17-,18-,20-,23-,27-,33-,34+/m0/s1. The van der Waals surface area contributed by atoms with Gasteiger partial charge in [0, 0.05) is 24.4 Å². The van der Waals surface area contributed by atoms with Crippen LogP contribution in [0.2, 0.25) is 0 Å². The summed E-state index contributed by atoms with van der Waals surface area (Å²) in [5.41, 5.74) is -1.14. The number of nitrogens with one attached hydrogen (secondary N) is 1. The molecule has 1 aromatic carbocycles. The smallest absolute Gasteiger partial charge is 0.493 e. The number of rotatable bonds is 11. The number of carboxylic acids is 1. The van der Waals surface area contributed by atoms with Gasteiger partial charge in [-0.05, 0) is 85.2 Å². The van der Waals surface area contributed by atoms with Crippen molar-refractivity contribution < 1.29 is 62.6 Å². The van der Waals surface area contributed by atoms with E-state index in [0.29, 0.717) is 30.9 Å². The largest absolute Gasteiger partial charge is 0.509 e. The Hall–Kier alpha value is -4.37. The minimum atomic E-state index is -1.50. The van der Waals surface area contributed by atoms with Gasteiger partial charge in [0.25, 0.3) is 5.91 Å². The molecule has 0 saturated carbocycles. The minimum absolute atomic E-state index is 0.163. The van der Waals surface area contributed by atoms with Gasteiger partial charge in [-0.25, -0.2) is 14.4 Å². The molecule has 2 bridgehead atoms. The number of hydrogen-bond donors (Lipinski definition) is 3. The maximum absolute atomic E-state index is 13.4. The number of nitrogens with zero attached hydrogens (tertiary/aromatic N) is 1. The highest BCUT2D eigenvalue weighted by Gasteiger charge is 2.72. The number of methoxy groups -OCH3 is 1. The first kappa shape index (κ1) is 35.9. The van der Waals surface area contributed by atoms with Crippen LogP contribution in [0.5, 0.6) is 11.5 Å². The Kier molecular flexibility index (Phi) is 9.65. The molecule has 49 heavy (non-hydrogen) atoms. The van der Waals surface area contributed by atoms with E-state index in [0.717, 1.165) is 11.1 Å². The molecule has 1 amide bonds. The summed E-state index contributed by atoms with van der Waals surface area (Å²) in [4.78, 5) is 64.8. The fourth-order valence-electron chi connectivity index (χ4n) is 7.37. The van der Waals surface area contributed by atoms with Crippen molar-refractivity contribution in [2.24, 2.45) is 0 Å². The average Bonchev–Trinajstić information content (AvgIpc) is 3.37. The fraction of sp³-hybridized carbons (Fsp3) is 0.618. The molecule has 3 N–H and O–H groups in total. The number of benzene rings is 1. The van der Waals surface area contributed by atoms with Crippen LogP contribution in [0.25, 0.3) is 0 Å². The van der Waals surface area contributed by atoms with Crippen LogP contribution in [-0.2, 0) is 50.0 Å². The Morgan fingerprint density at radius 1 is 1.10 bits per heavy atom. The molecule has 0 radical (unpaired) electrons. The predicted molar refractivity (Wildman–Crippen MR) is 169 cm³/mol. The van der Waals surface area contributed by atoms with Crippen molar-refractivity contribution in [2.45, 2.75) is 114 Å². The fourth-order valence-corrected chi connectivity index (χ4v) is 7.37. The van der Waals surface area contributed by atoms with Gasteiger partial charge in [-0.1, -0.05) is 6.07 Å². The second-order valence-electron chi connectivity index (χ2n) is 14.0. The lowest BCUT2D eigenvalue weighted by Crippen LogP contribution is -2.74. The highest BCUT2D eigenvalue weighted by Crippen LogP contribution is 2.65. The quantitative estimate of drug-likeness (QED) is 0.226. The first-order valence-corrected chi connectivity index (χ1v) is 16.3. The van der Waals surface area contributed by atoms with Crippen LogP contribution in [0.3, 0.4) is 0 Å². The Morgan fingerprint density at radius 3 is 2.47 bits per heavy atom. The predicted octanol–water partition coefficient (Wildman–Crippen LogP) is 2.14. The van der Waals surface area contributed by atoms with Crippen LogP contribution in [0.1, 0.15) is 71.4 Å². The second-order valence-corrected chi connectivity index (χ2v) is 14.0. The number of esters is 2. The van der Waals surface area contributed by atoms with Crippen LogP contribution >= 0.6 is 0 Å². The first-order chi connectivity index (χ1) is 22.9. The molecule has 1 saturated heterocycles. The van der Waals surface area contributed by atoms with Crippen molar-refractivity contribution in [3.63, 3.8) is 0 Å². The molecular formula is C34H44N2O13. The molecule has 2 heterocycles. The monoisotopic (exact) mass is 688 g/mol. The van der Waals surface area contributed by atoms with Crippen molar-refractivity contribution in [3.8, 4) is 11.5 Å². The van der Waals surface area contributed by atoms with E-state index in [1.807, 2.05) is 19.2 Å². The van der Waals surface area contributed by atoms with Crippen LogP contribution in [0, 0.1) is 0 Å². The summed E-state index contributed by atoms with van der Waals surface area (Å²) in [7, 11) is 3.51. The van der Waals surface area contributed by atoms with E-state index in [4.69, 9.17) is 28.4 Å². The third kappa shape index (κ3) is 6.53.